The molecule has 0 amide bonds. The molecule has 0 aromatic rings. The summed E-state index contributed by atoms with van der Waals surface area (Å²) in [5.41, 5.74) is 0.611. The van der Waals surface area contributed by atoms with Gasteiger partial charge in [-0.3, -0.25) is 0 Å². The van der Waals surface area contributed by atoms with Crippen LogP contribution in [0, 0.1) is 17.3 Å². The van der Waals surface area contributed by atoms with E-state index in [9.17, 15) is 0 Å². The van der Waals surface area contributed by atoms with Gasteiger partial charge in [-0.25, -0.2) is 0 Å². The summed E-state index contributed by atoms with van der Waals surface area (Å²) in [6.07, 6.45) is 12.3. The summed E-state index contributed by atoms with van der Waals surface area (Å²) >= 11 is 0. The fraction of sp³-hybridized carbons (Fsp3) is 0.778. The van der Waals surface area contributed by atoms with E-state index in [1.807, 2.05) is 6.08 Å². The van der Waals surface area contributed by atoms with Crippen LogP contribution in [-0.2, 0) is 0 Å². The molecular formula is C18H36. The average Bonchev–Trinajstić information content (AvgIpc) is 3.21. The van der Waals surface area contributed by atoms with Gasteiger partial charge >= 0.3 is 0 Å². The molecule has 0 spiro atoms. The van der Waals surface area contributed by atoms with Gasteiger partial charge in [0.05, 0.1) is 0 Å². The largest absolute Gasteiger partial charge is 0.106 e. The molecule has 0 saturated heterocycles. The second kappa shape index (κ2) is 10.4. The first-order valence-corrected chi connectivity index (χ1v) is 7.16. The Morgan fingerprint density at radius 1 is 0.889 bits per heavy atom. The number of hydrogen-bond donors (Lipinski definition) is 0. The molecule has 0 bridgehead atoms. The van der Waals surface area contributed by atoms with Crippen LogP contribution < -0.4 is 0 Å². The van der Waals surface area contributed by atoms with E-state index < -0.39 is 0 Å². The third-order valence-electron chi connectivity index (χ3n) is 3.11. The van der Waals surface area contributed by atoms with Gasteiger partial charge in [0, 0.05) is 0 Å². The molecule has 0 aliphatic heterocycles. The maximum atomic E-state index is 3.62. The van der Waals surface area contributed by atoms with Crippen LogP contribution in [0.25, 0.3) is 0 Å². The quantitative estimate of drug-likeness (QED) is 0.459. The van der Waals surface area contributed by atoms with Crippen LogP contribution >= 0.6 is 0 Å². The zero-order valence-corrected chi connectivity index (χ0v) is 12.3. The molecule has 0 nitrogen and oxygen atoms in total. The fourth-order valence-electron chi connectivity index (χ4n) is 1.28. The van der Waals surface area contributed by atoms with E-state index in [0.717, 1.165) is 11.8 Å². The fourth-order valence-corrected chi connectivity index (χ4v) is 1.28. The van der Waals surface area contributed by atoms with Crippen molar-refractivity contribution < 1.29 is 0 Å². The van der Waals surface area contributed by atoms with Crippen molar-refractivity contribution in [3.05, 3.63) is 25.8 Å². The van der Waals surface area contributed by atoms with Gasteiger partial charge in [0.25, 0.3) is 0 Å². The van der Waals surface area contributed by atoms with Gasteiger partial charge in [-0.15, -0.1) is 19.7 Å². The first-order chi connectivity index (χ1) is 8.04. The SMILES string of the molecule is C.C1CC1.C=C.C=CC1CC1.CC(C)(C)C1CC1. The molecule has 18 heavy (non-hydrogen) atoms. The molecule has 0 atom stereocenters. The van der Waals surface area contributed by atoms with Crippen molar-refractivity contribution >= 4 is 0 Å². The third kappa shape index (κ3) is 15.5. The van der Waals surface area contributed by atoms with Crippen molar-refractivity contribution in [1.29, 1.82) is 0 Å². The first-order valence-electron chi connectivity index (χ1n) is 7.16. The first kappa shape index (κ1) is 19.8. The minimum absolute atomic E-state index is 0. The van der Waals surface area contributed by atoms with E-state index in [0.29, 0.717) is 5.41 Å². The standard InChI is InChI=1S/C7H14.C5H8.C3H6.C2H4.CH4/c1-7(2,3)6-4-5-6;1-2-5-3-4-5;1-2-3-1;1-2;/h6H,4-5H2,1-3H3;2,5H,1,3-4H2;1-3H2;1-2H2;1H4. The van der Waals surface area contributed by atoms with Gasteiger partial charge in [-0.05, 0) is 42.9 Å². The molecule has 3 aliphatic carbocycles. The van der Waals surface area contributed by atoms with Gasteiger partial charge in [0.1, 0.15) is 0 Å². The van der Waals surface area contributed by atoms with E-state index in [1.165, 1.54) is 44.9 Å². The van der Waals surface area contributed by atoms with Crippen LogP contribution in [0.15, 0.2) is 25.8 Å². The smallest absolute Gasteiger partial charge is 0.0236 e. The molecule has 0 N–H and O–H groups in total. The second-order valence-electron chi connectivity index (χ2n) is 6.27. The van der Waals surface area contributed by atoms with Crippen molar-refractivity contribution in [3.8, 4) is 0 Å². The van der Waals surface area contributed by atoms with E-state index in [4.69, 9.17) is 0 Å². The van der Waals surface area contributed by atoms with Gasteiger partial charge in [0.15, 0.2) is 0 Å². The Balaban J connectivity index is 0. The Hall–Kier alpha value is -0.520. The summed E-state index contributed by atoms with van der Waals surface area (Å²) in [5, 5.41) is 0. The van der Waals surface area contributed by atoms with Crippen molar-refractivity contribution in [1.82, 2.24) is 0 Å². The predicted octanol–water partition coefficient (Wildman–Crippen LogP) is 6.63. The lowest BCUT2D eigenvalue weighted by atomic mass is 9.91. The second-order valence-corrected chi connectivity index (χ2v) is 6.27. The maximum absolute atomic E-state index is 3.62. The summed E-state index contributed by atoms with van der Waals surface area (Å²) < 4.78 is 0. The monoisotopic (exact) mass is 252 g/mol. The van der Waals surface area contributed by atoms with Gasteiger partial charge in [-0.1, -0.05) is 53.5 Å². The van der Waals surface area contributed by atoms with Crippen molar-refractivity contribution in [2.45, 2.75) is 73.1 Å². The van der Waals surface area contributed by atoms with Crippen LogP contribution in [0.5, 0.6) is 0 Å². The van der Waals surface area contributed by atoms with Gasteiger partial charge in [0.2, 0.25) is 0 Å². The van der Waals surface area contributed by atoms with Gasteiger partial charge < -0.3 is 0 Å². The molecule has 0 aromatic heterocycles. The molecule has 0 unspecified atom stereocenters. The molecule has 0 aromatic carbocycles. The topological polar surface area (TPSA) is 0 Å². The minimum atomic E-state index is 0. The average molecular weight is 252 g/mol. The Kier molecular flexibility index (Phi) is 11.5. The summed E-state index contributed by atoms with van der Waals surface area (Å²) in [5.74, 6) is 1.95. The molecule has 3 rings (SSSR count). The Labute approximate surface area is 117 Å². The lowest BCUT2D eigenvalue weighted by Crippen LogP contribution is -2.06. The van der Waals surface area contributed by atoms with Crippen LogP contribution in [0.2, 0.25) is 0 Å². The predicted molar refractivity (Wildman–Crippen MR) is 86.9 cm³/mol. The number of hydrogen-bond acceptors (Lipinski definition) is 0. The number of rotatable bonds is 1. The Morgan fingerprint density at radius 3 is 1.28 bits per heavy atom. The molecular weight excluding hydrogens is 216 g/mol. The highest BCUT2D eigenvalue weighted by Gasteiger charge is 2.33. The molecule has 3 saturated carbocycles. The van der Waals surface area contributed by atoms with Crippen LogP contribution in [0.1, 0.15) is 73.1 Å². The molecule has 0 radical (unpaired) electrons. The third-order valence-corrected chi connectivity index (χ3v) is 3.11. The molecule has 108 valence electrons. The summed E-state index contributed by atoms with van der Waals surface area (Å²) in [4.78, 5) is 0. The highest BCUT2D eigenvalue weighted by Crippen LogP contribution is 2.44. The van der Waals surface area contributed by atoms with Crippen molar-refractivity contribution in [2.75, 3.05) is 0 Å². The normalized spacial score (nSPS) is 19.3. The van der Waals surface area contributed by atoms with Gasteiger partial charge in [-0.2, -0.15) is 0 Å². The summed E-state index contributed by atoms with van der Waals surface area (Å²) in [7, 11) is 0. The van der Waals surface area contributed by atoms with Crippen LogP contribution in [0.4, 0.5) is 0 Å². The Morgan fingerprint density at radius 2 is 1.28 bits per heavy atom. The van der Waals surface area contributed by atoms with E-state index >= 15 is 0 Å². The van der Waals surface area contributed by atoms with Crippen LogP contribution in [0.3, 0.4) is 0 Å². The maximum Gasteiger partial charge on any atom is -0.0236 e. The van der Waals surface area contributed by atoms with E-state index in [1.54, 1.807) is 0 Å². The summed E-state index contributed by atoms with van der Waals surface area (Å²) in [6.45, 7) is 16.6. The summed E-state index contributed by atoms with van der Waals surface area (Å²) in [6, 6.07) is 0. The molecule has 3 aliphatic rings. The highest BCUT2D eigenvalue weighted by atomic mass is 14.4. The zero-order chi connectivity index (χ0) is 13.3. The molecule has 3 fully saturated rings. The lowest BCUT2D eigenvalue weighted by Gasteiger charge is -2.15. The molecule has 0 heteroatoms. The zero-order valence-electron chi connectivity index (χ0n) is 12.3. The van der Waals surface area contributed by atoms with E-state index in [-0.39, 0.29) is 7.43 Å². The number of allylic oxidation sites excluding steroid dienone is 1. The molecule has 0 heterocycles. The lowest BCUT2D eigenvalue weighted by molar-refractivity contribution is 0.351. The highest BCUT2D eigenvalue weighted by molar-refractivity contribution is 4.88. The van der Waals surface area contributed by atoms with Crippen molar-refractivity contribution in [2.24, 2.45) is 17.3 Å². The minimum Gasteiger partial charge on any atom is -0.106 e. The van der Waals surface area contributed by atoms with E-state index in [2.05, 4.69) is 40.5 Å². The van der Waals surface area contributed by atoms with Crippen molar-refractivity contribution in [3.63, 3.8) is 0 Å². The van der Waals surface area contributed by atoms with Crippen LogP contribution in [-0.4, -0.2) is 0 Å². The Bertz CT molecular complexity index is 184.